The summed E-state index contributed by atoms with van der Waals surface area (Å²) in [6, 6.07) is 6.54. The van der Waals surface area contributed by atoms with Gasteiger partial charge in [-0.3, -0.25) is 0 Å². The van der Waals surface area contributed by atoms with Gasteiger partial charge in [-0.15, -0.1) is 0 Å². The van der Waals surface area contributed by atoms with Crippen LogP contribution in [0.5, 0.6) is 5.75 Å². The van der Waals surface area contributed by atoms with Crippen LogP contribution in [0.25, 0.3) is 0 Å². The summed E-state index contributed by atoms with van der Waals surface area (Å²) in [5.74, 6) is 0.679. The minimum absolute atomic E-state index is 0.205. The molecule has 0 bridgehead atoms. The first-order chi connectivity index (χ1) is 9.66. The van der Waals surface area contributed by atoms with E-state index in [1.165, 1.54) is 6.20 Å². The summed E-state index contributed by atoms with van der Waals surface area (Å²) < 4.78 is 31.5. The minimum Gasteiger partial charge on any atom is -0.496 e. The minimum atomic E-state index is -3.68. The first-order valence-electron chi connectivity index (χ1n) is 6.62. The van der Waals surface area contributed by atoms with Gasteiger partial charge in [0, 0.05) is 11.8 Å². The van der Waals surface area contributed by atoms with Crippen LogP contribution in [0.1, 0.15) is 32.0 Å². The van der Waals surface area contributed by atoms with Crippen LogP contribution in [0.4, 0.5) is 0 Å². The van der Waals surface area contributed by atoms with Crippen molar-refractivity contribution in [3.8, 4) is 5.75 Å². The van der Waals surface area contributed by atoms with Crippen molar-refractivity contribution < 1.29 is 13.2 Å². The van der Waals surface area contributed by atoms with E-state index in [9.17, 15) is 8.42 Å². The Kier molecular flexibility index (Phi) is 3.84. The Labute approximate surface area is 125 Å². The Morgan fingerprint density at radius 2 is 1.86 bits per heavy atom. The van der Waals surface area contributed by atoms with Gasteiger partial charge in [-0.05, 0) is 36.6 Å². The maximum atomic E-state index is 12.6. The number of hydrogen-bond donors (Lipinski definition) is 0. The van der Waals surface area contributed by atoms with Crippen LogP contribution < -0.4 is 4.74 Å². The quantitative estimate of drug-likeness (QED) is 0.874. The van der Waals surface area contributed by atoms with E-state index in [-0.39, 0.29) is 10.3 Å². The van der Waals surface area contributed by atoms with E-state index in [1.54, 1.807) is 38.3 Å². The van der Waals surface area contributed by atoms with Crippen molar-refractivity contribution in [1.29, 1.82) is 0 Å². The molecule has 1 heterocycles. The molecule has 0 fully saturated rings. The number of hydrogen-bond acceptors (Lipinski definition) is 4. The van der Waals surface area contributed by atoms with Crippen molar-refractivity contribution in [2.75, 3.05) is 7.11 Å². The average Bonchev–Trinajstić information content (AvgIpc) is 2.84. The zero-order chi connectivity index (χ0) is 15.8. The second-order valence-electron chi connectivity index (χ2n) is 5.95. The van der Waals surface area contributed by atoms with Crippen LogP contribution in [0.2, 0.25) is 0 Å². The highest BCUT2D eigenvalue weighted by molar-refractivity contribution is 7.89. The van der Waals surface area contributed by atoms with Crippen molar-refractivity contribution in [3.05, 3.63) is 41.7 Å². The summed E-state index contributed by atoms with van der Waals surface area (Å²) in [5.41, 5.74) is 1.27. The van der Waals surface area contributed by atoms with Crippen molar-refractivity contribution in [2.45, 2.75) is 38.0 Å². The highest BCUT2D eigenvalue weighted by Gasteiger charge is 2.24. The number of aryl methyl sites for hydroxylation is 1. The fourth-order valence-corrected chi connectivity index (χ4v) is 3.25. The van der Waals surface area contributed by atoms with Crippen molar-refractivity contribution in [1.82, 2.24) is 9.19 Å². The molecule has 0 spiro atoms. The summed E-state index contributed by atoms with van der Waals surface area (Å²) >= 11 is 0. The summed E-state index contributed by atoms with van der Waals surface area (Å²) in [5, 5.41) is 3.99. The van der Waals surface area contributed by atoms with E-state index in [0.29, 0.717) is 11.4 Å². The van der Waals surface area contributed by atoms with E-state index >= 15 is 0 Å². The van der Waals surface area contributed by atoms with Crippen LogP contribution in [-0.4, -0.2) is 24.7 Å². The molecule has 1 aromatic heterocycles. The van der Waals surface area contributed by atoms with E-state index < -0.39 is 10.0 Å². The van der Waals surface area contributed by atoms with Crippen LogP contribution in [0, 0.1) is 6.92 Å². The van der Waals surface area contributed by atoms with Gasteiger partial charge < -0.3 is 4.74 Å². The molecule has 0 saturated heterocycles. The van der Waals surface area contributed by atoms with Crippen molar-refractivity contribution >= 4 is 10.0 Å². The Morgan fingerprint density at radius 1 is 1.19 bits per heavy atom. The molecule has 6 heteroatoms. The van der Waals surface area contributed by atoms with Crippen LogP contribution in [0.15, 0.2) is 35.4 Å². The second kappa shape index (κ2) is 5.18. The number of nitrogens with zero attached hydrogens (tertiary/aromatic N) is 2. The first-order valence-corrected chi connectivity index (χ1v) is 8.06. The average molecular weight is 308 g/mol. The highest BCUT2D eigenvalue weighted by atomic mass is 32.2. The van der Waals surface area contributed by atoms with E-state index in [4.69, 9.17) is 4.74 Å². The van der Waals surface area contributed by atoms with E-state index in [0.717, 1.165) is 9.65 Å². The Hall–Kier alpha value is -1.82. The molecule has 0 aliphatic rings. The third kappa shape index (κ3) is 2.95. The molecule has 1 aromatic carbocycles. The summed E-state index contributed by atoms with van der Waals surface area (Å²) in [4.78, 5) is 0.205. The van der Waals surface area contributed by atoms with E-state index in [2.05, 4.69) is 5.10 Å². The molecule has 0 atom stereocenters. The number of ether oxygens (including phenoxy) is 1. The number of rotatable bonds is 3. The van der Waals surface area contributed by atoms with Gasteiger partial charge in [-0.2, -0.15) is 17.6 Å². The Morgan fingerprint density at radius 3 is 2.33 bits per heavy atom. The molecule has 0 N–H and O–H groups in total. The molecule has 5 nitrogen and oxygen atoms in total. The van der Waals surface area contributed by atoms with Gasteiger partial charge in [0.25, 0.3) is 10.0 Å². The van der Waals surface area contributed by atoms with Crippen molar-refractivity contribution in [2.24, 2.45) is 0 Å². The molecular weight excluding hydrogens is 288 g/mol. The zero-order valence-corrected chi connectivity index (χ0v) is 13.7. The number of benzene rings is 1. The number of aromatic nitrogens is 2. The lowest BCUT2D eigenvalue weighted by molar-refractivity contribution is 0.397. The summed E-state index contributed by atoms with van der Waals surface area (Å²) in [6.45, 7) is 7.79. The maximum absolute atomic E-state index is 12.6. The summed E-state index contributed by atoms with van der Waals surface area (Å²) in [6.07, 6.45) is 1.45. The maximum Gasteiger partial charge on any atom is 0.282 e. The molecule has 0 saturated carbocycles. The SMILES string of the molecule is COc1ccc(S(=O)(=O)n2ccc(C)n2)cc1C(C)(C)C. The fraction of sp³-hybridized carbons (Fsp3) is 0.400. The Bertz CT molecular complexity index is 755. The largest absolute Gasteiger partial charge is 0.496 e. The lowest BCUT2D eigenvalue weighted by Gasteiger charge is -2.22. The third-order valence-corrected chi connectivity index (χ3v) is 4.77. The molecule has 0 radical (unpaired) electrons. The lowest BCUT2D eigenvalue weighted by Crippen LogP contribution is -2.17. The monoisotopic (exact) mass is 308 g/mol. The third-order valence-electron chi connectivity index (χ3n) is 3.22. The van der Waals surface area contributed by atoms with Gasteiger partial charge in [0.1, 0.15) is 5.75 Å². The van der Waals surface area contributed by atoms with E-state index in [1.807, 2.05) is 20.8 Å². The molecule has 2 aromatic rings. The summed E-state index contributed by atoms with van der Waals surface area (Å²) in [7, 11) is -2.10. The fourth-order valence-electron chi connectivity index (χ4n) is 2.07. The molecule has 114 valence electrons. The van der Waals surface area contributed by atoms with Gasteiger partial charge in [-0.25, -0.2) is 0 Å². The molecular formula is C15H20N2O3S. The van der Waals surface area contributed by atoms with Crippen molar-refractivity contribution in [3.63, 3.8) is 0 Å². The second-order valence-corrected chi connectivity index (χ2v) is 7.74. The predicted octanol–water partition coefficient (Wildman–Crippen LogP) is 2.73. The molecule has 2 rings (SSSR count). The smallest absolute Gasteiger partial charge is 0.282 e. The van der Waals surface area contributed by atoms with Crippen LogP contribution in [-0.2, 0) is 15.4 Å². The Balaban J connectivity index is 2.60. The van der Waals surface area contributed by atoms with Crippen LogP contribution in [0.3, 0.4) is 0 Å². The van der Waals surface area contributed by atoms with Gasteiger partial charge >= 0.3 is 0 Å². The molecule has 0 amide bonds. The molecule has 0 aliphatic carbocycles. The van der Waals surface area contributed by atoms with Gasteiger partial charge in [-0.1, -0.05) is 20.8 Å². The molecule has 0 unspecified atom stereocenters. The van der Waals surface area contributed by atoms with Gasteiger partial charge in [0.15, 0.2) is 0 Å². The topological polar surface area (TPSA) is 61.2 Å². The van der Waals surface area contributed by atoms with Gasteiger partial charge in [0.05, 0.1) is 17.7 Å². The standard InChI is InChI=1S/C15H20N2O3S/c1-11-8-9-17(16-11)21(18,19)12-6-7-14(20-5)13(10-12)15(2,3)4/h6-10H,1-5H3. The normalized spacial score (nSPS) is 12.4. The zero-order valence-electron chi connectivity index (χ0n) is 12.9. The molecule has 0 aliphatic heterocycles. The highest BCUT2D eigenvalue weighted by Crippen LogP contribution is 2.33. The molecule has 21 heavy (non-hydrogen) atoms. The number of methoxy groups -OCH3 is 1. The lowest BCUT2D eigenvalue weighted by atomic mass is 9.86. The van der Waals surface area contributed by atoms with Gasteiger partial charge in [0.2, 0.25) is 0 Å². The predicted molar refractivity (Wildman–Crippen MR) is 81.2 cm³/mol. The van der Waals surface area contributed by atoms with Crippen LogP contribution >= 0.6 is 0 Å². The first kappa shape index (κ1) is 15.6.